The van der Waals surface area contributed by atoms with Crippen LogP contribution >= 0.6 is 0 Å². The molecular formula is C21H21FN4. The Kier molecular flexibility index (Phi) is 5.07. The quantitative estimate of drug-likeness (QED) is 0.688. The van der Waals surface area contributed by atoms with Crippen molar-refractivity contribution >= 4 is 28.4 Å². The third-order valence-electron chi connectivity index (χ3n) is 4.29. The van der Waals surface area contributed by atoms with Gasteiger partial charge in [-0.1, -0.05) is 19.1 Å². The number of allylic oxidation sites excluding steroid dienone is 2. The fraction of sp³-hybridized carbons (Fsp3) is 0.190. The number of aromatic nitrogens is 2. The highest BCUT2D eigenvalue weighted by atomic mass is 19.1. The van der Waals surface area contributed by atoms with E-state index in [9.17, 15) is 4.39 Å². The summed E-state index contributed by atoms with van der Waals surface area (Å²) in [4.78, 5) is 12.8. The molecule has 5 heteroatoms. The number of hydrogen-bond acceptors (Lipinski definition) is 4. The lowest BCUT2D eigenvalue weighted by Crippen LogP contribution is -1.99. The Balaban J connectivity index is 2.18. The monoisotopic (exact) mass is 348 g/mol. The molecule has 2 aromatic heterocycles. The van der Waals surface area contributed by atoms with E-state index in [2.05, 4.69) is 28.0 Å². The number of rotatable bonds is 4. The predicted octanol–water partition coefficient (Wildman–Crippen LogP) is 4.82. The largest absolute Gasteiger partial charge is 0.383 e. The van der Waals surface area contributed by atoms with Gasteiger partial charge in [-0.05, 0) is 48.1 Å². The van der Waals surface area contributed by atoms with Crippen molar-refractivity contribution in [3.8, 4) is 11.3 Å². The van der Waals surface area contributed by atoms with Gasteiger partial charge < -0.3 is 5.73 Å². The van der Waals surface area contributed by atoms with Gasteiger partial charge in [0.05, 0.1) is 5.69 Å². The van der Waals surface area contributed by atoms with E-state index in [-0.39, 0.29) is 5.82 Å². The van der Waals surface area contributed by atoms with E-state index in [0.29, 0.717) is 16.9 Å². The van der Waals surface area contributed by atoms with Crippen LogP contribution in [0.4, 0.5) is 10.2 Å². The Bertz CT molecular complexity index is 1020. The van der Waals surface area contributed by atoms with E-state index in [0.717, 1.165) is 34.1 Å². The van der Waals surface area contributed by atoms with Gasteiger partial charge in [-0.15, -0.1) is 0 Å². The summed E-state index contributed by atoms with van der Waals surface area (Å²) in [5, 5.41) is 1.32. The van der Waals surface area contributed by atoms with Crippen molar-refractivity contribution in [2.24, 2.45) is 4.99 Å². The zero-order valence-electron chi connectivity index (χ0n) is 15.1. The summed E-state index contributed by atoms with van der Waals surface area (Å²) in [5.41, 5.74) is 10.4. The van der Waals surface area contributed by atoms with Gasteiger partial charge in [-0.2, -0.15) is 0 Å². The molecule has 0 radical (unpaired) electrons. The summed E-state index contributed by atoms with van der Waals surface area (Å²) in [7, 11) is 1.73. The number of halogens is 1. The van der Waals surface area contributed by atoms with Crippen LogP contribution in [-0.4, -0.2) is 23.2 Å². The molecule has 26 heavy (non-hydrogen) atoms. The Morgan fingerprint density at radius 3 is 2.73 bits per heavy atom. The number of nitrogens with two attached hydrogens (primary N) is 1. The minimum Gasteiger partial charge on any atom is -0.383 e. The second-order valence-corrected chi connectivity index (χ2v) is 6.09. The van der Waals surface area contributed by atoms with Gasteiger partial charge in [0.2, 0.25) is 0 Å². The van der Waals surface area contributed by atoms with E-state index < -0.39 is 0 Å². The molecule has 2 heterocycles. The van der Waals surface area contributed by atoms with Crippen molar-refractivity contribution in [3.63, 3.8) is 0 Å². The molecule has 0 aliphatic heterocycles. The fourth-order valence-electron chi connectivity index (χ4n) is 2.94. The smallest absolute Gasteiger partial charge is 0.132 e. The van der Waals surface area contributed by atoms with Crippen molar-refractivity contribution in [1.29, 1.82) is 0 Å². The molecule has 0 bridgehead atoms. The molecule has 0 saturated heterocycles. The summed E-state index contributed by atoms with van der Waals surface area (Å²) >= 11 is 0. The number of aliphatic imine (C=N–C) groups is 1. The molecule has 0 unspecified atom stereocenters. The van der Waals surface area contributed by atoms with Gasteiger partial charge in [0.25, 0.3) is 0 Å². The molecule has 132 valence electrons. The maximum absolute atomic E-state index is 14.0. The summed E-state index contributed by atoms with van der Waals surface area (Å²) in [6.07, 6.45) is 8.04. The van der Waals surface area contributed by atoms with Gasteiger partial charge in [-0.3, -0.25) is 9.98 Å². The first-order chi connectivity index (χ1) is 12.5. The third kappa shape index (κ3) is 3.33. The molecule has 3 rings (SSSR count). The van der Waals surface area contributed by atoms with Crippen LogP contribution < -0.4 is 5.73 Å². The molecule has 0 saturated carbocycles. The number of nitrogens with zero attached hydrogens (tertiary/aromatic N) is 3. The van der Waals surface area contributed by atoms with E-state index in [1.165, 1.54) is 6.07 Å². The van der Waals surface area contributed by atoms with Crippen molar-refractivity contribution in [2.45, 2.75) is 20.3 Å². The molecule has 2 N–H and O–H groups in total. The zero-order valence-corrected chi connectivity index (χ0v) is 15.1. The minimum absolute atomic E-state index is 0.281. The minimum atomic E-state index is -0.281. The third-order valence-corrected chi connectivity index (χ3v) is 4.29. The summed E-state index contributed by atoms with van der Waals surface area (Å²) in [6.45, 7) is 4.01. The van der Waals surface area contributed by atoms with Gasteiger partial charge in [0.15, 0.2) is 0 Å². The zero-order chi connectivity index (χ0) is 18.7. The van der Waals surface area contributed by atoms with E-state index >= 15 is 0 Å². The Morgan fingerprint density at radius 1 is 1.19 bits per heavy atom. The standard InChI is InChI=1S/C21H21FN4/c1-4-5-14(10-24-3)15-8-17(21(23)26-11-15)20-9-16-13(2)6-7-19(22)18(16)12-25-20/h5-12H,4H2,1-3H3,(H2,23,26)/b14-5+,24-10-. The Hall–Kier alpha value is -3.08. The molecule has 0 aliphatic carbocycles. The van der Waals surface area contributed by atoms with Gasteiger partial charge >= 0.3 is 0 Å². The average Bonchev–Trinajstić information content (AvgIpc) is 2.65. The van der Waals surface area contributed by atoms with Crippen LogP contribution in [0.5, 0.6) is 0 Å². The number of pyridine rings is 2. The number of nitrogen functional groups attached to an aromatic ring is 1. The van der Waals surface area contributed by atoms with Crippen LogP contribution in [0.15, 0.2) is 47.7 Å². The molecule has 0 atom stereocenters. The first-order valence-electron chi connectivity index (χ1n) is 8.48. The molecular weight excluding hydrogens is 327 g/mol. The SMILES string of the molecule is CC/C=C(\C=N/C)c1cnc(N)c(-c2cc3c(C)ccc(F)c3cn2)c1. The number of fused-ring (bicyclic) bond motifs is 1. The van der Waals surface area contributed by atoms with E-state index in [1.54, 1.807) is 31.7 Å². The molecule has 0 fully saturated rings. The molecule has 1 aromatic carbocycles. The molecule has 4 nitrogen and oxygen atoms in total. The van der Waals surface area contributed by atoms with Crippen molar-refractivity contribution in [3.05, 3.63) is 59.7 Å². The summed E-state index contributed by atoms with van der Waals surface area (Å²) < 4.78 is 14.0. The van der Waals surface area contributed by atoms with Gasteiger partial charge in [0, 0.05) is 42.2 Å². The predicted molar refractivity (Wildman–Crippen MR) is 107 cm³/mol. The molecule has 0 amide bonds. The van der Waals surface area contributed by atoms with Crippen molar-refractivity contribution in [2.75, 3.05) is 12.8 Å². The summed E-state index contributed by atoms with van der Waals surface area (Å²) in [6, 6.07) is 7.04. The van der Waals surface area contributed by atoms with Crippen LogP contribution in [0.25, 0.3) is 27.6 Å². The van der Waals surface area contributed by atoms with E-state index in [1.807, 2.05) is 19.1 Å². The van der Waals surface area contributed by atoms with Crippen molar-refractivity contribution in [1.82, 2.24) is 9.97 Å². The highest BCUT2D eigenvalue weighted by Crippen LogP contribution is 2.30. The maximum atomic E-state index is 14.0. The Labute approximate surface area is 152 Å². The normalized spacial score (nSPS) is 12.2. The van der Waals surface area contributed by atoms with Gasteiger partial charge in [0.1, 0.15) is 11.6 Å². The lowest BCUT2D eigenvalue weighted by atomic mass is 10.0. The second-order valence-electron chi connectivity index (χ2n) is 6.09. The topological polar surface area (TPSA) is 64.2 Å². The lowest BCUT2D eigenvalue weighted by Gasteiger charge is -2.10. The Morgan fingerprint density at radius 2 is 2.00 bits per heavy atom. The average molecular weight is 348 g/mol. The second kappa shape index (κ2) is 7.44. The van der Waals surface area contributed by atoms with Crippen LogP contribution in [-0.2, 0) is 0 Å². The van der Waals surface area contributed by atoms with E-state index in [4.69, 9.17) is 5.73 Å². The lowest BCUT2D eigenvalue weighted by molar-refractivity contribution is 0.639. The maximum Gasteiger partial charge on any atom is 0.132 e. The van der Waals surface area contributed by atoms with Gasteiger partial charge in [-0.25, -0.2) is 9.37 Å². The van der Waals surface area contributed by atoms with Crippen molar-refractivity contribution < 1.29 is 4.39 Å². The highest BCUT2D eigenvalue weighted by molar-refractivity contribution is 6.10. The first-order valence-corrected chi connectivity index (χ1v) is 8.48. The highest BCUT2D eigenvalue weighted by Gasteiger charge is 2.12. The number of hydrogen-bond donors (Lipinski definition) is 1. The van der Waals surface area contributed by atoms with Crippen LogP contribution in [0.2, 0.25) is 0 Å². The number of benzene rings is 1. The molecule has 3 aromatic rings. The van der Waals surface area contributed by atoms with Crippen LogP contribution in [0.1, 0.15) is 24.5 Å². The number of anilines is 1. The van der Waals surface area contributed by atoms with Crippen LogP contribution in [0, 0.1) is 12.7 Å². The summed E-state index contributed by atoms with van der Waals surface area (Å²) in [5.74, 6) is 0.107. The fourth-order valence-corrected chi connectivity index (χ4v) is 2.94. The van der Waals surface area contributed by atoms with Crippen LogP contribution in [0.3, 0.4) is 0 Å². The first kappa shape index (κ1) is 17.7. The molecule has 0 aliphatic rings. The molecule has 0 spiro atoms. The number of aryl methyl sites for hydroxylation is 1.